The number of carbonyl (C=O) groups excluding carboxylic acids is 2. The second-order valence-electron chi connectivity index (χ2n) is 9.81. The topological polar surface area (TPSA) is 101 Å². The number of thiazole rings is 1. The molecule has 1 atom stereocenters. The van der Waals surface area contributed by atoms with Gasteiger partial charge in [-0.3, -0.25) is 14.0 Å². The number of nitrogens with zero attached hydrogens (tertiary/aromatic N) is 4. The third kappa shape index (κ3) is 4.36. The molecule has 0 bridgehead atoms. The summed E-state index contributed by atoms with van der Waals surface area (Å²) >= 11 is 7.57. The van der Waals surface area contributed by atoms with Crippen LogP contribution in [-0.4, -0.2) is 66.6 Å². The monoisotopic (exact) mass is 586 g/mol. The van der Waals surface area contributed by atoms with Gasteiger partial charge in [0.05, 0.1) is 11.7 Å². The van der Waals surface area contributed by atoms with Gasteiger partial charge >= 0.3 is 0 Å². The number of hydrogen-bond donors (Lipinski definition) is 0. The van der Waals surface area contributed by atoms with Gasteiger partial charge in [0.25, 0.3) is 15.9 Å². The van der Waals surface area contributed by atoms with Crippen molar-refractivity contribution in [2.45, 2.75) is 43.2 Å². The fourth-order valence-electron chi connectivity index (χ4n) is 5.75. The van der Waals surface area contributed by atoms with Crippen molar-refractivity contribution in [1.82, 2.24) is 13.7 Å². The summed E-state index contributed by atoms with van der Waals surface area (Å²) in [6.45, 7) is 1.33. The van der Waals surface area contributed by atoms with Gasteiger partial charge in [-0.15, -0.1) is 11.3 Å². The van der Waals surface area contributed by atoms with Crippen molar-refractivity contribution in [1.29, 1.82) is 0 Å². The molecule has 1 amide bonds. The largest absolute Gasteiger partial charge is 0.385 e. The normalized spacial score (nSPS) is 18.1. The first-order valence-corrected chi connectivity index (χ1v) is 15.5. The number of Topliss-reactive ketones (excluding diaryl/α,β-unsaturated/α-hetero) is 1. The van der Waals surface area contributed by atoms with E-state index < -0.39 is 16.1 Å². The Labute approximate surface area is 235 Å². The predicted molar refractivity (Wildman–Crippen MR) is 150 cm³/mol. The maximum atomic E-state index is 13.8. The van der Waals surface area contributed by atoms with E-state index in [1.165, 1.54) is 20.0 Å². The van der Waals surface area contributed by atoms with Gasteiger partial charge < -0.3 is 9.64 Å². The SMILES string of the molecule is COCCCN1C(=O)c2cccc3c(CC(=O)C4CCCCN4S(=O)(=O)c4c(Cl)nc5sccn45)ccc1c23. The summed E-state index contributed by atoms with van der Waals surface area (Å²) in [6.07, 6.45) is 4.25. The van der Waals surface area contributed by atoms with Crippen molar-refractivity contribution in [2.75, 3.05) is 31.7 Å². The number of hydrogen-bond acceptors (Lipinski definition) is 7. The van der Waals surface area contributed by atoms with Crippen LogP contribution in [0.5, 0.6) is 0 Å². The van der Waals surface area contributed by atoms with Crippen molar-refractivity contribution >= 4 is 66.1 Å². The molecule has 12 heteroatoms. The summed E-state index contributed by atoms with van der Waals surface area (Å²) in [7, 11) is -2.44. The van der Waals surface area contributed by atoms with E-state index in [4.69, 9.17) is 16.3 Å². The molecule has 9 nitrogen and oxygen atoms in total. The van der Waals surface area contributed by atoms with E-state index >= 15 is 0 Å². The summed E-state index contributed by atoms with van der Waals surface area (Å²) in [5.74, 6) is -0.236. The summed E-state index contributed by atoms with van der Waals surface area (Å²) in [5.41, 5.74) is 2.22. The Morgan fingerprint density at radius 3 is 2.90 bits per heavy atom. The third-order valence-electron chi connectivity index (χ3n) is 7.53. The molecule has 0 spiro atoms. The van der Waals surface area contributed by atoms with Crippen molar-refractivity contribution in [3.8, 4) is 0 Å². The number of halogens is 1. The molecule has 1 fully saturated rings. The Morgan fingerprint density at radius 1 is 1.23 bits per heavy atom. The zero-order valence-electron chi connectivity index (χ0n) is 21.3. The van der Waals surface area contributed by atoms with Crippen LogP contribution in [0.3, 0.4) is 0 Å². The van der Waals surface area contributed by atoms with Crippen LogP contribution < -0.4 is 4.90 Å². The van der Waals surface area contributed by atoms with Gasteiger partial charge in [-0.05, 0) is 42.3 Å². The molecule has 2 aliphatic heterocycles. The molecule has 2 aromatic carbocycles. The fraction of sp³-hybridized carbons (Fsp3) is 0.370. The van der Waals surface area contributed by atoms with Crippen molar-refractivity contribution < 1.29 is 22.7 Å². The second kappa shape index (κ2) is 10.3. The Morgan fingerprint density at radius 2 is 2.08 bits per heavy atom. The lowest BCUT2D eigenvalue weighted by molar-refractivity contribution is -0.122. The quantitative estimate of drug-likeness (QED) is 0.267. The predicted octanol–water partition coefficient (Wildman–Crippen LogP) is 4.55. The minimum atomic E-state index is -4.08. The zero-order chi connectivity index (χ0) is 27.3. The standard InChI is InChI=1S/C27H27ClN4O5S2/c1-37-14-5-11-30-21-10-9-17(18-6-4-7-19(23(18)21)25(30)34)16-22(33)20-8-2-3-12-32(20)39(35,36)26-24(28)29-27-31(26)13-15-38-27/h4,6-7,9-10,13,15,20H,2-3,5,8,11-12,14,16H2,1H3. The van der Waals surface area contributed by atoms with Gasteiger partial charge in [-0.2, -0.15) is 4.31 Å². The molecule has 0 aliphatic carbocycles. The van der Waals surface area contributed by atoms with Gasteiger partial charge in [0.15, 0.2) is 20.9 Å². The lowest BCUT2D eigenvalue weighted by atomic mass is 9.93. The smallest absolute Gasteiger partial charge is 0.262 e. The van der Waals surface area contributed by atoms with E-state index in [1.807, 2.05) is 30.3 Å². The van der Waals surface area contributed by atoms with E-state index in [0.29, 0.717) is 42.9 Å². The number of sulfonamides is 1. The maximum absolute atomic E-state index is 13.8. The molecular weight excluding hydrogens is 560 g/mol. The molecule has 4 aromatic rings. The Hall–Kier alpha value is -2.83. The first kappa shape index (κ1) is 26.4. The summed E-state index contributed by atoms with van der Waals surface area (Å²) in [5, 5.41) is 3.23. The number of rotatable bonds is 9. The van der Waals surface area contributed by atoms with Gasteiger partial charge in [0, 0.05) is 55.8 Å². The van der Waals surface area contributed by atoms with Crippen molar-refractivity contribution in [3.05, 3.63) is 58.2 Å². The van der Waals surface area contributed by atoms with Gasteiger partial charge in [-0.1, -0.05) is 36.2 Å². The van der Waals surface area contributed by atoms with Gasteiger partial charge in [0.2, 0.25) is 0 Å². The highest BCUT2D eigenvalue weighted by Crippen LogP contribution is 2.40. The number of benzene rings is 2. The number of ether oxygens (including phenoxy) is 1. The highest BCUT2D eigenvalue weighted by Gasteiger charge is 2.40. The second-order valence-corrected chi connectivity index (χ2v) is 12.8. The zero-order valence-corrected chi connectivity index (χ0v) is 23.7. The number of imidazole rings is 1. The number of ketones is 1. The Kier molecular flexibility index (Phi) is 6.96. The van der Waals surface area contributed by atoms with Crippen LogP contribution in [0.1, 0.15) is 41.6 Å². The molecule has 2 aliphatic rings. The number of aromatic nitrogens is 2. The van der Waals surface area contributed by atoms with Gasteiger partial charge in [-0.25, -0.2) is 13.4 Å². The number of anilines is 1. The molecule has 4 heterocycles. The highest BCUT2D eigenvalue weighted by atomic mass is 35.5. The Balaban J connectivity index is 1.32. The van der Waals surface area contributed by atoms with Crippen LogP contribution in [-0.2, 0) is 26.0 Å². The van der Waals surface area contributed by atoms with Crippen LogP contribution in [0.15, 0.2) is 46.9 Å². The molecule has 204 valence electrons. The lowest BCUT2D eigenvalue weighted by Gasteiger charge is -2.33. The molecular formula is C27H27ClN4O5S2. The molecule has 0 saturated carbocycles. The minimum Gasteiger partial charge on any atom is -0.385 e. The van der Waals surface area contributed by atoms with Crippen LogP contribution >= 0.6 is 22.9 Å². The van der Waals surface area contributed by atoms with Crippen molar-refractivity contribution in [2.24, 2.45) is 0 Å². The number of piperidine rings is 1. The molecule has 2 aromatic heterocycles. The molecule has 1 saturated heterocycles. The molecule has 6 rings (SSSR count). The number of fused-ring (bicyclic) bond motifs is 1. The number of methoxy groups -OCH3 is 1. The molecule has 1 unspecified atom stereocenters. The molecule has 0 radical (unpaired) electrons. The Bertz CT molecular complexity index is 1710. The van der Waals surface area contributed by atoms with E-state index in [1.54, 1.807) is 23.6 Å². The lowest BCUT2D eigenvalue weighted by Crippen LogP contribution is -2.48. The summed E-state index contributed by atoms with van der Waals surface area (Å²) in [6, 6.07) is 8.53. The average Bonchev–Trinajstić information content (AvgIpc) is 3.58. The fourth-order valence-corrected chi connectivity index (χ4v) is 8.84. The number of amides is 1. The van der Waals surface area contributed by atoms with Crippen LogP contribution in [0.2, 0.25) is 5.15 Å². The van der Waals surface area contributed by atoms with E-state index in [2.05, 4.69) is 4.98 Å². The molecule has 39 heavy (non-hydrogen) atoms. The van der Waals surface area contributed by atoms with E-state index in [-0.39, 0.29) is 34.8 Å². The highest BCUT2D eigenvalue weighted by molar-refractivity contribution is 7.89. The van der Waals surface area contributed by atoms with Gasteiger partial charge in [0.1, 0.15) is 0 Å². The third-order valence-corrected chi connectivity index (χ3v) is 10.6. The first-order valence-electron chi connectivity index (χ1n) is 12.8. The first-order chi connectivity index (χ1) is 18.8. The minimum absolute atomic E-state index is 0.0582. The van der Waals surface area contributed by atoms with Crippen LogP contribution in [0, 0.1) is 0 Å². The summed E-state index contributed by atoms with van der Waals surface area (Å²) < 4.78 is 35.6. The van der Waals surface area contributed by atoms with E-state index in [9.17, 15) is 18.0 Å². The number of carbonyl (C=O) groups is 2. The maximum Gasteiger partial charge on any atom is 0.262 e. The van der Waals surface area contributed by atoms with E-state index in [0.717, 1.165) is 28.4 Å². The summed E-state index contributed by atoms with van der Waals surface area (Å²) in [4.78, 5) is 33.3. The average molecular weight is 587 g/mol. The molecule has 0 N–H and O–H groups in total. The van der Waals surface area contributed by atoms with Crippen molar-refractivity contribution in [3.63, 3.8) is 0 Å². The van der Waals surface area contributed by atoms with Crippen LogP contribution in [0.4, 0.5) is 5.69 Å². The van der Waals surface area contributed by atoms with Crippen LogP contribution in [0.25, 0.3) is 15.7 Å².